The van der Waals surface area contributed by atoms with Crippen LogP contribution < -0.4 is 10.6 Å². The van der Waals surface area contributed by atoms with Crippen molar-refractivity contribution < 1.29 is 4.79 Å². The molecular formula is C18H27Cl2N3O. The Hall–Kier alpha value is -0.810. The summed E-state index contributed by atoms with van der Waals surface area (Å²) >= 11 is 6.07. The highest BCUT2D eigenvalue weighted by Crippen LogP contribution is 2.19. The van der Waals surface area contributed by atoms with Crippen molar-refractivity contribution in [2.24, 2.45) is 5.92 Å². The maximum atomic E-state index is 12.1. The van der Waals surface area contributed by atoms with Crippen LogP contribution in [0.5, 0.6) is 0 Å². The van der Waals surface area contributed by atoms with Crippen molar-refractivity contribution >= 4 is 29.9 Å². The summed E-state index contributed by atoms with van der Waals surface area (Å²) < 4.78 is 0. The Balaban J connectivity index is 0.00000208. The summed E-state index contributed by atoms with van der Waals surface area (Å²) in [6.45, 7) is 4.87. The molecule has 24 heavy (non-hydrogen) atoms. The van der Waals surface area contributed by atoms with E-state index in [4.69, 9.17) is 11.6 Å². The molecule has 2 N–H and O–H groups in total. The third kappa shape index (κ3) is 5.62. The van der Waals surface area contributed by atoms with Crippen LogP contribution in [-0.4, -0.2) is 43.0 Å². The molecule has 6 heteroatoms. The highest BCUT2D eigenvalue weighted by Gasteiger charge is 2.24. The minimum atomic E-state index is 0. The van der Waals surface area contributed by atoms with Gasteiger partial charge in [-0.05, 0) is 62.4 Å². The Bertz CT molecular complexity index is 535. The van der Waals surface area contributed by atoms with Gasteiger partial charge in [-0.2, -0.15) is 0 Å². The first-order valence-electron chi connectivity index (χ1n) is 8.68. The monoisotopic (exact) mass is 371 g/mol. The Morgan fingerprint density at radius 1 is 1.33 bits per heavy atom. The first-order chi connectivity index (χ1) is 11.2. The van der Waals surface area contributed by atoms with Crippen molar-refractivity contribution in [3.8, 4) is 0 Å². The van der Waals surface area contributed by atoms with E-state index in [9.17, 15) is 4.79 Å². The largest absolute Gasteiger partial charge is 0.354 e. The van der Waals surface area contributed by atoms with Crippen LogP contribution in [-0.2, 0) is 11.3 Å². The first-order valence-corrected chi connectivity index (χ1v) is 9.06. The molecular weight excluding hydrogens is 345 g/mol. The minimum absolute atomic E-state index is 0. The van der Waals surface area contributed by atoms with Crippen molar-refractivity contribution in [1.82, 2.24) is 15.5 Å². The molecule has 1 aromatic carbocycles. The quantitative estimate of drug-likeness (QED) is 0.836. The molecule has 0 bridgehead atoms. The molecule has 2 saturated heterocycles. The molecule has 3 rings (SSSR count). The van der Waals surface area contributed by atoms with Crippen molar-refractivity contribution in [3.63, 3.8) is 0 Å². The number of carbonyl (C=O) groups is 1. The van der Waals surface area contributed by atoms with E-state index >= 15 is 0 Å². The Labute approximate surface area is 155 Å². The maximum absolute atomic E-state index is 12.1. The number of amides is 1. The van der Waals surface area contributed by atoms with Crippen LogP contribution in [0.2, 0.25) is 5.02 Å². The number of benzene rings is 1. The molecule has 0 aliphatic carbocycles. The molecule has 2 aliphatic rings. The van der Waals surface area contributed by atoms with Gasteiger partial charge in [0.15, 0.2) is 0 Å². The van der Waals surface area contributed by atoms with Gasteiger partial charge in [-0.1, -0.05) is 23.7 Å². The average molecular weight is 372 g/mol. The summed E-state index contributed by atoms with van der Waals surface area (Å²) in [6.07, 6.45) is 4.47. The van der Waals surface area contributed by atoms with Crippen molar-refractivity contribution in [3.05, 3.63) is 34.9 Å². The van der Waals surface area contributed by atoms with E-state index in [1.165, 1.54) is 18.4 Å². The van der Waals surface area contributed by atoms with Gasteiger partial charge < -0.3 is 10.6 Å². The highest BCUT2D eigenvalue weighted by molar-refractivity contribution is 6.30. The van der Waals surface area contributed by atoms with E-state index < -0.39 is 0 Å². The fraction of sp³-hybridized carbons (Fsp3) is 0.611. The maximum Gasteiger partial charge on any atom is 0.237 e. The number of likely N-dealkylation sites (tertiary alicyclic amines) is 1. The molecule has 0 saturated carbocycles. The molecule has 2 atom stereocenters. The van der Waals surface area contributed by atoms with E-state index in [0.29, 0.717) is 5.92 Å². The van der Waals surface area contributed by atoms with E-state index in [-0.39, 0.29) is 24.4 Å². The van der Waals surface area contributed by atoms with Crippen molar-refractivity contribution in [2.75, 3.05) is 26.2 Å². The fourth-order valence-electron chi connectivity index (χ4n) is 3.63. The summed E-state index contributed by atoms with van der Waals surface area (Å²) in [4.78, 5) is 14.6. The number of piperidine rings is 1. The zero-order valence-electron chi connectivity index (χ0n) is 14.0. The lowest BCUT2D eigenvalue weighted by Gasteiger charge is -2.33. The molecule has 134 valence electrons. The second-order valence-electron chi connectivity index (χ2n) is 6.77. The molecule has 2 unspecified atom stereocenters. The van der Waals surface area contributed by atoms with E-state index in [2.05, 4.69) is 21.6 Å². The fourth-order valence-corrected chi connectivity index (χ4v) is 3.84. The van der Waals surface area contributed by atoms with Gasteiger partial charge in [0.2, 0.25) is 5.91 Å². The van der Waals surface area contributed by atoms with Crippen molar-refractivity contribution in [2.45, 2.75) is 38.3 Å². The van der Waals surface area contributed by atoms with E-state index in [1.807, 2.05) is 18.2 Å². The highest BCUT2D eigenvalue weighted by atomic mass is 35.5. The van der Waals surface area contributed by atoms with Crippen LogP contribution in [0, 0.1) is 5.92 Å². The zero-order valence-corrected chi connectivity index (χ0v) is 15.5. The van der Waals surface area contributed by atoms with Gasteiger partial charge >= 0.3 is 0 Å². The Kier molecular flexibility index (Phi) is 7.82. The molecule has 1 aromatic rings. The second-order valence-corrected chi connectivity index (χ2v) is 7.20. The smallest absolute Gasteiger partial charge is 0.237 e. The van der Waals surface area contributed by atoms with E-state index in [0.717, 1.165) is 50.6 Å². The molecule has 0 aromatic heterocycles. The Morgan fingerprint density at radius 2 is 2.21 bits per heavy atom. The SMILES string of the molecule is Cl.O=C(NCC1CCCN(Cc2cccc(Cl)c2)C1)C1CCCN1. The second kappa shape index (κ2) is 9.62. The lowest BCUT2D eigenvalue weighted by Crippen LogP contribution is -2.45. The van der Waals surface area contributed by atoms with Crippen LogP contribution in [0.1, 0.15) is 31.2 Å². The normalized spacial score (nSPS) is 24.4. The van der Waals surface area contributed by atoms with Gasteiger partial charge in [-0.3, -0.25) is 9.69 Å². The first kappa shape index (κ1) is 19.5. The topological polar surface area (TPSA) is 44.4 Å². The minimum Gasteiger partial charge on any atom is -0.354 e. The van der Waals surface area contributed by atoms with Crippen LogP contribution in [0.25, 0.3) is 0 Å². The van der Waals surface area contributed by atoms with Gasteiger partial charge in [-0.25, -0.2) is 0 Å². The van der Waals surface area contributed by atoms with Gasteiger partial charge in [-0.15, -0.1) is 12.4 Å². The van der Waals surface area contributed by atoms with Crippen LogP contribution in [0.15, 0.2) is 24.3 Å². The van der Waals surface area contributed by atoms with Crippen LogP contribution in [0.4, 0.5) is 0 Å². The standard InChI is InChI=1S/C18H26ClN3O.ClH/c19-16-6-1-4-14(10-16)12-22-9-3-5-15(13-22)11-21-18(23)17-7-2-8-20-17;/h1,4,6,10,15,17,20H,2-3,5,7-9,11-13H2,(H,21,23);1H. The number of nitrogens with one attached hydrogen (secondary N) is 2. The number of hydrogen-bond acceptors (Lipinski definition) is 3. The molecule has 2 aliphatic heterocycles. The number of rotatable bonds is 5. The number of hydrogen-bond donors (Lipinski definition) is 2. The van der Waals surface area contributed by atoms with E-state index in [1.54, 1.807) is 0 Å². The number of carbonyl (C=O) groups excluding carboxylic acids is 1. The van der Waals surface area contributed by atoms with Gasteiger partial charge in [0.05, 0.1) is 6.04 Å². The van der Waals surface area contributed by atoms with Crippen LogP contribution >= 0.6 is 24.0 Å². The third-order valence-electron chi connectivity index (χ3n) is 4.84. The molecule has 1 amide bonds. The number of nitrogens with zero attached hydrogens (tertiary/aromatic N) is 1. The summed E-state index contributed by atoms with van der Waals surface area (Å²) in [6, 6.07) is 8.12. The predicted octanol–water partition coefficient (Wildman–Crippen LogP) is 2.84. The molecule has 4 nitrogen and oxygen atoms in total. The lowest BCUT2D eigenvalue weighted by molar-refractivity contribution is -0.123. The Morgan fingerprint density at radius 3 is 2.96 bits per heavy atom. The molecule has 0 spiro atoms. The van der Waals surface area contributed by atoms with Crippen LogP contribution in [0.3, 0.4) is 0 Å². The van der Waals surface area contributed by atoms with Gasteiger partial charge in [0.1, 0.15) is 0 Å². The summed E-state index contributed by atoms with van der Waals surface area (Å²) in [5.41, 5.74) is 1.26. The molecule has 0 radical (unpaired) electrons. The molecule has 2 fully saturated rings. The van der Waals surface area contributed by atoms with Gasteiger partial charge in [0.25, 0.3) is 0 Å². The summed E-state index contributed by atoms with van der Waals surface area (Å²) in [5, 5.41) is 7.19. The average Bonchev–Trinajstić information content (AvgIpc) is 3.07. The van der Waals surface area contributed by atoms with Crippen molar-refractivity contribution in [1.29, 1.82) is 0 Å². The molecule has 2 heterocycles. The predicted molar refractivity (Wildman–Crippen MR) is 101 cm³/mol. The zero-order chi connectivity index (χ0) is 16.1. The summed E-state index contributed by atoms with van der Waals surface area (Å²) in [5.74, 6) is 0.725. The summed E-state index contributed by atoms with van der Waals surface area (Å²) in [7, 11) is 0. The number of halogens is 2. The third-order valence-corrected chi connectivity index (χ3v) is 5.08. The lowest BCUT2D eigenvalue weighted by atomic mass is 9.97. The van der Waals surface area contributed by atoms with Gasteiger partial charge in [0, 0.05) is 24.7 Å².